The molecule has 1 aromatic heterocycles. The van der Waals surface area contributed by atoms with Crippen molar-refractivity contribution in [3.05, 3.63) is 65.5 Å². The van der Waals surface area contributed by atoms with Gasteiger partial charge in [-0.25, -0.2) is 4.99 Å². The lowest BCUT2D eigenvalue weighted by atomic mass is 10.1. The Bertz CT molecular complexity index is 687. The zero-order valence-corrected chi connectivity index (χ0v) is 17.8. The van der Waals surface area contributed by atoms with E-state index in [9.17, 15) is 0 Å². The van der Waals surface area contributed by atoms with Crippen molar-refractivity contribution in [2.75, 3.05) is 32.8 Å². The summed E-state index contributed by atoms with van der Waals surface area (Å²) in [5, 5.41) is 3.14. The van der Waals surface area contributed by atoms with Gasteiger partial charge in [0, 0.05) is 44.5 Å². The third kappa shape index (κ3) is 7.82. The lowest BCUT2D eigenvalue weighted by Crippen LogP contribution is -2.35. The number of ether oxygens (including phenoxy) is 1. The molecule has 146 valence electrons. The Morgan fingerprint density at radius 2 is 1.85 bits per heavy atom. The first-order chi connectivity index (χ1) is 12.8. The van der Waals surface area contributed by atoms with Gasteiger partial charge in [-0.05, 0) is 23.3 Å². The first-order valence-corrected chi connectivity index (χ1v) is 9.11. The molecule has 0 unspecified atom stereocenters. The van der Waals surface area contributed by atoms with E-state index in [1.54, 1.807) is 6.20 Å². The van der Waals surface area contributed by atoms with Gasteiger partial charge in [0.05, 0.1) is 19.8 Å². The summed E-state index contributed by atoms with van der Waals surface area (Å²) in [7, 11) is 0. The molecule has 3 N–H and O–H groups in total. The number of hydrogen-bond acceptors (Lipinski definition) is 4. The van der Waals surface area contributed by atoms with E-state index in [4.69, 9.17) is 10.5 Å². The molecule has 0 spiro atoms. The van der Waals surface area contributed by atoms with Crippen molar-refractivity contribution in [3.8, 4) is 0 Å². The fraction of sp³-hybridized carbons (Fsp3) is 0.400. The summed E-state index contributed by atoms with van der Waals surface area (Å²) < 4.78 is 5.39. The number of rotatable bonds is 7. The summed E-state index contributed by atoms with van der Waals surface area (Å²) >= 11 is 0. The van der Waals surface area contributed by atoms with Crippen molar-refractivity contribution in [2.24, 2.45) is 10.7 Å². The van der Waals surface area contributed by atoms with Crippen molar-refractivity contribution in [1.82, 2.24) is 15.2 Å². The normalized spacial score (nSPS) is 15.2. The van der Waals surface area contributed by atoms with Gasteiger partial charge in [-0.3, -0.25) is 9.88 Å². The van der Waals surface area contributed by atoms with Gasteiger partial charge in [-0.15, -0.1) is 24.0 Å². The van der Waals surface area contributed by atoms with Crippen LogP contribution in [0.25, 0.3) is 0 Å². The first kappa shape index (κ1) is 21.6. The van der Waals surface area contributed by atoms with Crippen LogP contribution in [0.3, 0.4) is 0 Å². The number of guanidine groups is 1. The Kier molecular flexibility index (Phi) is 9.51. The van der Waals surface area contributed by atoms with Crippen LogP contribution in [0, 0.1) is 0 Å². The van der Waals surface area contributed by atoms with Crippen LogP contribution in [-0.4, -0.2) is 48.7 Å². The van der Waals surface area contributed by atoms with Gasteiger partial charge in [0.25, 0.3) is 0 Å². The number of nitrogens with one attached hydrogen (secondary N) is 1. The highest BCUT2D eigenvalue weighted by Gasteiger charge is 2.10. The highest BCUT2D eigenvalue weighted by atomic mass is 127. The van der Waals surface area contributed by atoms with Gasteiger partial charge in [0.15, 0.2) is 5.96 Å². The van der Waals surface area contributed by atoms with E-state index in [1.807, 2.05) is 18.2 Å². The highest BCUT2D eigenvalue weighted by molar-refractivity contribution is 14.0. The summed E-state index contributed by atoms with van der Waals surface area (Å²) in [6, 6.07) is 14.5. The van der Waals surface area contributed by atoms with E-state index in [2.05, 4.69) is 44.5 Å². The monoisotopic (exact) mass is 481 g/mol. The van der Waals surface area contributed by atoms with Gasteiger partial charge in [-0.1, -0.05) is 30.3 Å². The molecule has 0 amide bonds. The summed E-state index contributed by atoms with van der Waals surface area (Å²) in [6.07, 6.45) is 2.63. The summed E-state index contributed by atoms with van der Waals surface area (Å²) in [5.74, 6) is 0.471. The third-order valence-electron chi connectivity index (χ3n) is 4.38. The van der Waals surface area contributed by atoms with Gasteiger partial charge in [0.2, 0.25) is 0 Å². The minimum Gasteiger partial charge on any atom is -0.379 e. The maximum Gasteiger partial charge on any atom is 0.188 e. The van der Waals surface area contributed by atoms with Crippen LogP contribution in [0.1, 0.15) is 16.8 Å². The molecule has 0 saturated carbocycles. The lowest BCUT2D eigenvalue weighted by Gasteiger charge is -2.26. The van der Waals surface area contributed by atoms with Crippen molar-refractivity contribution in [2.45, 2.75) is 19.5 Å². The highest BCUT2D eigenvalue weighted by Crippen LogP contribution is 2.10. The molecular weight excluding hydrogens is 453 g/mol. The van der Waals surface area contributed by atoms with E-state index >= 15 is 0 Å². The van der Waals surface area contributed by atoms with Gasteiger partial charge in [0.1, 0.15) is 0 Å². The zero-order valence-electron chi connectivity index (χ0n) is 15.5. The summed E-state index contributed by atoms with van der Waals surface area (Å²) in [5.41, 5.74) is 9.46. The molecule has 1 aromatic carbocycles. The van der Waals surface area contributed by atoms with E-state index < -0.39 is 0 Å². The molecule has 0 bridgehead atoms. The zero-order chi connectivity index (χ0) is 18.0. The number of hydrogen-bond donors (Lipinski definition) is 2. The topological polar surface area (TPSA) is 75.8 Å². The number of aliphatic imine (C=N–C) groups is 1. The average molecular weight is 481 g/mol. The fourth-order valence-electron chi connectivity index (χ4n) is 2.86. The van der Waals surface area contributed by atoms with E-state index in [0.29, 0.717) is 12.5 Å². The minimum absolute atomic E-state index is 0. The summed E-state index contributed by atoms with van der Waals surface area (Å²) in [6.45, 7) is 5.97. The van der Waals surface area contributed by atoms with Gasteiger partial charge in [-0.2, -0.15) is 0 Å². The van der Waals surface area contributed by atoms with Gasteiger partial charge < -0.3 is 15.8 Å². The predicted octanol–water partition coefficient (Wildman–Crippen LogP) is 2.18. The van der Waals surface area contributed by atoms with E-state index in [-0.39, 0.29) is 24.0 Å². The first-order valence-electron chi connectivity index (χ1n) is 9.11. The smallest absolute Gasteiger partial charge is 0.188 e. The molecule has 0 atom stereocenters. The Hall–Kier alpha value is -1.71. The maximum atomic E-state index is 5.94. The van der Waals surface area contributed by atoms with Crippen molar-refractivity contribution in [1.29, 1.82) is 0 Å². The van der Waals surface area contributed by atoms with E-state index in [0.717, 1.165) is 57.1 Å². The molecule has 7 heteroatoms. The Labute approximate surface area is 178 Å². The summed E-state index contributed by atoms with van der Waals surface area (Å²) in [4.78, 5) is 11.1. The molecule has 2 aromatic rings. The lowest BCUT2D eigenvalue weighted by molar-refractivity contribution is 0.0342. The Balaban J connectivity index is 0.00000261. The number of morpholine rings is 1. The SMILES string of the molecule is I.NC(=NCc1ccc(CN2CCOCC2)cc1)NCCc1ccccn1. The van der Waals surface area contributed by atoms with Crippen molar-refractivity contribution < 1.29 is 4.74 Å². The average Bonchev–Trinajstić information content (AvgIpc) is 2.69. The van der Waals surface area contributed by atoms with Crippen LogP contribution in [-0.2, 0) is 24.2 Å². The second-order valence-corrected chi connectivity index (χ2v) is 6.40. The molecule has 1 aliphatic heterocycles. The number of nitrogens with two attached hydrogens (primary N) is 1. The van der Waals surface area contributed by atoms with Crippen LogP contribution in [0.5, 0.6) is 0 Å². The molecule has 6 nitrogen and oxygen atoms in total. The maximum absolute atomic E-state index is 5.94. The van der Waals surface area contributed by atoms with Crippen molar-refractivity contribution in [3.63, 3.8) is 0 Å². The fourth-order valence-corrected chi connectivity index (χ4v) is 2.86. The molecule has 27 heavy (non-hydrogen) atoms. The standard InChI is InChI=1S/C20H27N5O.HI/c21-20(23-10-8-19-3-1-2-9-22-19)24-15-17-4-6-18(7-5-17)16-25-11-13-26-14-12-25;/h1-7,9H,8,10-16H2,(H3,21,23,24);1H. The number of aromatic nitrogens is 1. The molecular formula is C20H28IN5O. The number of nitrogens with zero attached hydrogens (tertiary/aromatic N) is 3. The molecule has 3 rings (SSSR count). The minimum atomic E-state index is 0. The van der Waals surface area contributed by atoms with E-state index in [1.165, 1.54) is 5.56 Å². The molecule has 0 aliphatic carbocycles. The van der Waals surface area contributed by atoms with Crippen LogP contribution >= 0.6 is 24.0 Å². The Morgan fingerprint density at radius 3 is 2.56 bits per heavy atom. The molecule has 1 saturated heterocycles. The second-order valence-electron chi connectivity index (χ2n) is 6.40. The van der Waals surface area contributed by atoms with Crippen LogP contribution in [0.4, 0.5) is 0 Å². The Morgan fingerprint density at radius 1 is 1.11 bits per heavy atom. The molecule has 1 fully saturated rings. The van der Waals surface area contributed by atoms with Crippen LogP contribution in [0.2, 0.25) is 0 Å². The third-order valence-corrected chi connectivity index (χ3v) is 4.38. The molecule has 0 radical (unpaired) electrons. The van der Waals surface area contributed by atoms with Crippen molar-refractivity contribution >= 4 is 29.9 Å². The van der Waals surface area contributed by atoms with Gasteiger partial charge >= 0.3 is 0 Å². The van der Waals surface area contributed by atoms with Crippen LogP contribution in [0.15, 0.2) is 53.7 Å². The quantitative estimate of drug-likeness (QED) is 0.360. The largest absolute Gasteiger partial charge is 0.379 e. The number of halogens is 1. The predicted molar refractivity (Wildman–Crippen MR) is 119 cm³/mol. The second kappa shape index (κ2) is 11.9. The molecule has 2 heterocycles. The number of pyridine rings is 1. The van der Waals surface area contributed by atoms with Crippen LogP contribution < -0.4 is 11.1 Å². The number of benzene rings is 1. The molecule has 1 aliphatic rings.